The van der Waals surface area contributed by atoms with Crippen LogP contribution in [0, 0.1) is 0 Å². The van der Waals surface area contributed by atoms with Crippen molar-refractivity contribution in [2.24, 2.45) is 0 Å². The fourth-order valence-electron chi connectivity index (χ4n) is 1.75. The molecule has 110 valence electrons. The average Bonchev–Trinajstić information content (AvgIpc) is 3.04. The summed E-state index contributed by atoms with van der Waals surface area (Å²) in [5.41, 5.74) is 0. The third-order valence-corrected chi connectivity index (χ3v) is 4.71. The van der Waals surface area contributed by atoms with E-state index in [9.17, 15) is 0 Å². The minimum absolute atomic E-state index is 0.453. The second-order valence-corrected chi connectivity index (χ2v) is 7.37. The van der Waals surface area contributed by atoms with Gasteiger partial charge in [-0.05, 0) is 17.4 Å². The van der Waals surface area contributed by atoms with E-state index in [0.717, 1.165) is 27.3 Å². The van der Waals surface area contributed by atoms with E-state index >= 15 is 0 Å². The zero-order chi connectivity index (χ0) is 14.7. The fraction of sp³-hybridized carbons (Fsp3) is 0.357. The van der Waals surface area contributed by atoms with Gasteiger partial charge in [0.15, 0.2) is 10.8 Å². The molecule has 0 amide bonds. The number of hydrogen-bond donors (Lipinski definition) is 0. The molecule has 7 heteroatoms. The molecule has 3 rings (SSSR count). The molecule has 0 fully saturated rings. The Morgan fingerprint density at radius 1 is 1.24 bits per heavy atom. The van der Waals surface area contributed by atoms with Gasteiger partial charge in [0.2, 0.25) is 4.96 Å². The summed E-state index contributed by atoms with van der Waals surface area (Å²) in [4.78, 5) is 0.820. The molecule has 0 aliphatic rings. The van der Waals surface area contributed by atoms with E-state index in [4.69, 9.17) is 4.74 Å². The van der Waals surface area contributed by atoms with Gasteiger partial charge in [0.05, 0.1) is 5.75 Å². The average molecular weight is 320 g/mol. The maximum absolute atomic E-state index is 5.71. The summed E-state index contributed by atoms with van der Waals surface area (Å²) < 4.78 is 7.53. The van der Waals surface area contributed by atoms with Gasteiger partial charge in [0, 0.05) is 0 Å². The first kappa shape index (κ1) is 14.3. The van der Waals surface area contributed by atoms with E-state index < -0.39 is 0 Å². The second kappa shape index (κ2) is 6.44. The van der Waals surface area contributed by atoms with Crippen molar-refractivity contribution < 1.29 is 4.74 Å². The van der Waals surface area contributed by atoms with Gasteiger partial charge in [-0.15, -0.1) is 10.2 Å². The monoisotopic (exact) mass is 320 g/mol. The van der Waals surface area contributed by atoms with Crippen LogP contribution in [0.1, 0.15) is 24.7 Å². The zero-order valence-corrected chi connectivity index (χ0v) is 13.5. The zero-order valence-electron chi connectivity index (χ0n) is 11.9. The van der Waals surface area contributed by atoms with E-state index in [0.29, 0.717) is 11.9 Å². The van der Waals surface area contributed by atoms with Crippen LogP contribution in [0.2, 0.25) is 0 Å². The molecular formula is C14H16N4OS2. The summed E-state index contributed by atoms with van der Waals surface area (Å²) in [5.74, 6) is 2.56. The highest BCUT2D eigenvalue weighted by atomic mass is 32.2. The Hall–Kier alpha value is -1.60. The summed E-state index contributed by atoms with van der Waals surface area (Å²) in [5, 5.41) is 14.4. The van der Waals surface area contributed by atoms with Crippen molar-refractivity contribution in [3.63, 3.8) is 0 Å². The van der Waals surface area contributed by atoms with Crippen molar-refractivity contribution in [3.05, 3.63) is 41.2 Å². The van der Waals surface area contributed by atoms with E-state index in [1.807, 2.05) is 46.6 Å². The number of nitrogens with zero attached hydrogens (tertiary/aromatic N) is 4. The predicted molar refractivity (Wildman–Crippen MR) is 85.9 cm³/mol. The van der Waals surface area contributed by atoms with Gasteiger partial charge in [0.1, 0.15) is 12.4 Å². The summed E-state index contributed by atoms with van der Waals surface area (Å²) in [6, 6.07) is 9.74. The lowest BCUT2D eigenvalue weighted by Gasteiger charge is -2.02. The highest BCUT2D eigenvalue weighted by molar-refractivity contribution is 7.99. The Labute approximate surface area is 131 Å². The van der Waals surface area contributed by atoms with Gasteiger partial charge in [-0.1, -0.05) is 43.4 Å². The van der Waals surface area contributed by atoms with Gasteiger partial charge < -0.3 is 4.74 Å². The Morgan fingerprint density at radius 3 is 2.81 bits per heavy atom. The van der Waals surface area contributed by atoms with Crippen LogP contribution in [-0.2, 0) is 12.4 Å². The van der Waals surface area contributed by atoms with Gasteiger partial charge in [-0.2, -0.15) is 21.4 Å². The molecule has 0 bridgehead atoms. The number of benzene rings is 1. The van der Waals surface area contributed by atoms with Gasteiger partial charge >= 0.3 is 0 Å². The van der Waals surface area contributed by atoms with Crippen molar-refractivity contribution in [1.82, 2.24) is 19.8 Å². The van der Waals surface area contributed by atoms with E-state index in [1.165, 1.54) is 11.3 Å². The number of thioether (sulfide) groups is 1. The van der Waals surface area contributed by atoms with Crippen molar-refractivity contribution in [1.29, 1.82) is 0 Å². The smallest absolute Gasteiger partial charge is 0.234 e. The van der Waals surface area contributed by atoms with E-state index in [2.05, 4.69) is 29.1 Å². The van der Waals surface area contributed by atoms with Crippen LogP contribution in [0.5, 0.6) is 5.75 Å². The summed E-state index contributed by atoms with van der Waals surface area (Å²) in [7, 11) is 0. The number of hydrogen-bond acceptors (Lipinski definition) is 6. The van der Waals surface area contributed by atoms with Crippen LogP contribution in [0.4, 0.5) is 0 Å². The highest BCUT2D eigenvalue weighted by Crippen LogP contribution is 2.20. The van der Waals surface area contributed by atoms with Crippen LogP contribution in [-0.4, -0.2) is 25.1 Å². The van der Waals surface area contributed by atoms with Crippen molar-refractivity contribution in [2.45, 2.75) is 31.5 Å². The molecule has 5 nitrogen and oxygen atoms in total. The second-order valence-electron chi connectivity index (χ2n) is 4.77. The van der Waals surface area contributed by atoms with Gasteiger partial charge in [-0.25, -0.2) is 0 Å². The Morgan fingerprint density at radius 2 is 2.05 bits per heavy atom. The van der Waals surface area contributed by atoms with Gasteiger partial charge in [-0.3, -0.25) is 0 Å². The molecule has 3 aromatic rings. The topological polar surface area (TPSA) is 52.3 Å². The van der Waals surface area contributed by atoms with Crippen LogP contribution in [0.25, 0.3) is 4.96 Å². The lowest BCUT2D eigenvalue weighted by molar-refractivity contribution is 0.304. The molecule has 2 heterocycles. The normalized spacial score (nSPS) is 11.4. The number of rotatable bonds is 6. The molecule has 2 aromatic heterocycles. The van der Waals surface area contributed by atoms with Gasteiger partial charge in [0.25, 0.3) is 0 Å². The molecule has 0 saturated carbocycles. The highest BCUT2D eigenvalue weighted by Gasteiger charge is 2.12. The third kappa shape index (κ3) is 3.54. The molecule has 0 radical (unpaired) electrons. The first-order valence-electron chi connectivity index (χ1n) is 6.72. The summed E-state index contributed by atoms with van der Waals surface area (Å²) in [6.07, 6.45) is 0. The summed E-state index contributed by atoms with van der Waals surface area (Å²) >= 11 is 3.35. The van der Waals surface area contributed by atoms with Crippen LogP contribution >= 0.6 is 23.1 Å². The standard InChI is InChI=1S/C14H16N4OS2/c1-10(2)20-9-12-15-16-14-18(12)17-13(21-14)8-19-11-6-4-3-5-7-11/h3-7,10H,8-9H2,1-2H3. The maximum Gasteiger partial charge on any atom is 0.234 e. The van der Waals surface area contributed by atoms with Crippen molar-refractivity contribution in [2.75, 3.05) is 0 Å². The van der Waals surface area contributed by atoms with Crippen LogP contribution in [0.15, 0.2) is 30.3 Å². The predicted octanol–water partition coefficient (Wildman–Crippen LogP) is 3.41. The third-order valence-electron chi connectivity index (χ3n) is 2.75. The molecule has 0 unspecified atom stereocenters. The van der Waals surface area contributed by atoms with E-state index in [-0.39, 0.29) is 0 Å². The number of aromatic nitrogens is 4. The molecule has 0 spiro atoms. The first-order chi connectivity index (χ1) is 10.2. The minimum Gasteiger partial charge on any atom is -0.486 e. The number of ether oxygens (including phenoxy) is 1. The molecular weight excluding hydrogens is 304 g/mol. The van der Waals surface area contributed by atoms with Crippen LogP contribution in [0.3, 0.4) is 0 Å². The Kier molecular flexibility index (Phi) is 4.40. The lowest BCUT2D eigenvalue weighted by Crippen LogP contribution is -1.99. The summed E-state index contributed by atoms with van der Waals surface area (Å²) in [6.45, 7) is 4.79. The minimum atomic E-state index is 0.453. The number of para-hydroxylation sites is 1. The Bertz CT molecular complexity index is 708. The van der Waals surface area contributed by atoms with E-state index in [1.54, 1.807) is 0 Å². The lowest BCUT2D eigenvalue weighted by atomic mass is 10.3. The first-order valence-corrected chi connectivity index (χ1v) is 8.58. The molecule has 21 heavy (non-hydrogen) atoms. The SMILES string of the molecule is CC(C)SCc1nnc2sc(COc3ccccc3)nn12. The molecule has 0 aliphatic carbocycles. The number of fused-ring (bicyclic) bond motifs is 1. The Balaban J connectivity index is 1.69. The molecule has 0 atom stereocenters. The van der Waals surface area contributed by atoms with Crippen molar-refractivity contribution in [3.8, 4) is 5.75 Å². The molecule has 1 aromatic carbocycles. The van der Waals surface area contributed by atoms with Crippen LogP contribution < -0.4 is 4.74 Å². The molecule has 0 saturated heterocycles. The molecule has 0 aliphatic heterocycles. The van der Waals surface area contributed by atoms with Crippen molar-refractivity contribution >= 4 is 28.1 Å². The quantitative estimate of drug-likeness (QED) is 0.696. The molecule has 0 N–H and O–H groups in total. The maximum atomic E-state index is 5.71. The largest absolute Gasteiger partial charge is 0.486 e. The fourth-order valence-corrected chi connectivity index (χ4v) is 3.18.